The van der Waals surface area contributed by atoms with Crippen LogP contribution in [-0.2, 0) is 0 Å². The molecule has 0 bridgehead atoms. The van der Waals surface area contributed by atoms with E-state index in [4.69, 9.17) is 4.52 Å². The minimum absolute atomic E-state index is 0.179. The van der Waals surface area contributed by atoms with Crippen molar-refractivity contribution in [2.24, 2.45) is 0 Å². The molecular formula is C14H19N3O2S. The van der Waals surface area contributed by atoms with E-state index in [0.717, 1.165) is 24.3 Å². The maximum Gasteiger partial charge on any atom is 0.273 e. The Morgan fingerprint density at radius 1 is 1.45 bits per heavy atom. The number of nitrogens with one attached hydrogen (secondary N) is 1. The maximum atomic E-state index is 11.9. The van der Waals surface area contributed by atoms with Crippen molar-refractivity contribution in [1.29, 1.82) is 0 Å². The van der Waals surface area contributed by atoms with E-state index in [-0.39, 0.29) is 5.91 Å². The van der Waals surface area contributed by atoms with E-state index in [1.165, 1.54) is 0 Å². The zero-order valence-electron chi connectivity index (χ0n) is 11.8. The van der Waals surface area contributed by atoms with Crippen LogP contribution >= 0.6 is 11.3 Å². The molecule has 2 aromatic rings. The molecule has 2 heterocycles. The van der Waals surface area contributed by atoms with Crippen molar-refractivity contribution < 1.29 is 9.32 Å². The number of aromatic nitrogens is 1. The van der Waals surface area contributed by atoms with Gasteiger partial charge in [0.15, 0.2) is 11.5 Å². The van der Waals surface area contributed by atoms with Crippen LogP contribution in [0, 0.1) is 0 Å². The second-order valence-corrected chi connectivity index (χ2v) is 5.77. The molecule has 0 spiro atoms. The van der Waals surface area contributed by atoms with E-state index in [1.807, 2.05) is 31.6 Å². The largest absolute Gasteiger partial charge is 0.355 e. The Morgan fingerprint density at radius 3 is 3.00 bits per heavy atom. The van der Waals surface area contributed by atoms with E-state index in [2.05, 4.69) is 15.4 Å². The Labute approximate surface area is 122 Å². The molecule has 108 valence electrons. The van der Waals surface area contributed by atoms with Gasteiger partial charge < -0.3 is 14.7 Å². The zero-order valence-corrected chi connectivity index (χ0v) is 12.6. The molecule has 0 aliphatic carbocycles. The Morgan fingerprint density at radius 2 is 2.30 bits per heavy atom. The minimum atomic E-state index is -0.179. The second kappa shape index (κ2) is 7.21. The number of carbonyl (C=O) groups is 1. The molecule has 0 fully saturated rings. The summed E-state index contributed by atoms with van der Waals surface area (Å²) in [6, 6.07) is 5.56. The second-order valence-electron chi connectivity index (χ2n) is 4.82. The van der Waals surface area contributed by atoms with Crippen LogP contribution in [0.2, 0.25) is 0 Å². The lowest BCUT2D eigenvalue weighted by Crippen LogP contribution is -2.25. The first kappa shape index (κ1) is 14.7. The zero-order chi connectivity index (χ0) is 14.4. The number of carbonyl (C=O) groups excluding carboxylic acids is 1. The molecule has 0 radical (unpaired) electrons. The molecule has 2 rings (SSSR count). The smallest absolute Gasteiger partial charge is 0.273 e. The number of unbranched alkanes of at least 4 members (excludes halogenated alkanes) is 1. The topological polar surface area (TPSA) is 58.4 Å². The monoisotopic (exact) mass is 293 g/mol. The van der Waals surface area contributed by atoms with Gasteiger partial charge >= 0.3 is 0 Å². The lowest BCUT2D eigenvalue weighted by Gasteiger charge is -2.08. The molecule has 5 nitrogen and oxygen atoms in total. The van der Waals surface area contributed by atoms with Crippen molar-refractivity contribution in [3.8, 4) is 10.6 Å². The highest BCUT2D eigenvalue weighted by molar-refractivity contribution is 7.13. The fourth-order valence-corrected chi connectivity index (χ4v) is 2.44. The molecule has 2 aromatic heterocycles. The van der Waals surface area contributed by atoms with Crippen molar-refractivity contribution in [3.63, 3.8) is 0 Å². The summed E-state index contributed by atoms with van der Waals surface area (Å²) < 4.78 is 5.18. The summed E-state index contributed by atoms with van der Waals surface area (Å²) >= 11 is 1.56. The first-order valence-corrected chi connectivity index (χ1v) is 7.48. The van der Waals surface area contributed by atoms with Gasteiger partial charge in [0, 0.05) is 12.6 Å². The Bertz CT molecular complexity index is 534. The van der Waals surface area contributed by atoms with Crippen molar-refractivity contribution in [1.82, 2.24) is 15.4 Å². The van der Waals surface area contributed by atoms with E-state index >= 15 is 0 Å². The maximum absolute atomic E-state index is 11.9. The molecule has 1 N–H and O–H groups in total. The fraction of sp³-hybridized carbons (Fsp3) is 0.429. The number of rotatable bonds is 7. The lowest BCUT2D eigenvalue weighted by molar-refractivity contribution is 0.0944. The van der Waals surface area contributed by atoms with Crippen LogP contribution in [-0.4, -0.2) is 43.1 Å². The predicted molar refractivity (Wildman–Crippen MR) is 79.9 cm³/mol. The summed E-state index contributed by atoms with van der Waals surface area (Å²) in [5.41, 5.74) is 0.334. The van der Waals surface area contributed by atoms with Crippen molar-refractivity contribution in [2.75, 3.05) is 27.2 Å². The molecule has 0 aliphatic rings. The molecule has 1 amide bonds. The van der Waals surface area contributed by atoms with Gasteiger partial charge in [0.2, 0.25) is 0 Å². The summed E-state index contributed by atoms with van der Waals surface area (Å²) in [6.07, 6.45) is 2.02. The average Bonchev–Trinajstić information content (AvgIpc) is 3.08. The van der Waals surface area contributed by atoms with Crippen LogP contribution in [0.4, 0.5) is 0 Å². The molecule has 0 atom stereocenters. The third-order valence-electron chi connectivity index (χ3n) is 2.82. The van der Waals surface area contributed by atoms with Gasteiger partial charge in [0.05, 0.1) is 4.88 Å². The van der Waals surface area contributed by atoms with Crippen LogP contribution in [0.15, 0.2) is 28.1 Å². The number of hydrogen-bond donors (Lipinski definition) is 1. The van der Waals surface area contributed by atoms with Crippen molar-refractivity contribution >= 4 is 17.2 Å². The summed E-state index contributed by atoms with van der Waals surface area (Å²) in [5, 5.41) is 8.63. The van der Waals surface area contributed by atoms with E-state index < -0.39 is 0 Å². The molecule has 20 heavy (non-hydrogen) atoms. The lowest BCUT2D eigenvalue weighted by atomic mass is 10.3. The van der Waals surface area contributed by atoms with E-state index in [0.29, 0.717) is 18.0 Å². The van der Waals surface area contributed by atoms with E-state index in [9.17, 15) is 4.79 Å². The van der Waals surface area contributed by atoms with Crippen LogP contribution in [0.25, 0.3) is 10.6 Å². The molecule has 0 unspecified atom stereocenters. The summed E-state index contributed by atoms with van der Waals surface area (Å²) in [5.74, 6) is 0.458. The molecule has 6 heteroatoms. The summed E-state index contributed by atoms with van der Waals surface area (Å²) in [6.45, 7) is 1.69. The number of thiophene rings is 1. The Balaban J connectivity index is 1.78. The molecule has 0 saturated carbocycles. The van der Waals surface area contributed by atoms with Gasteiger partial charge in [-0.1, -0.05) is 11.2 Å². The first-order valence-electron chi connectivity index (χ1n) is 6.60. The highest BCUT2D eigenvalue weighted by atomic mass is 32.1. The first-order chi connectivity index (χ1) is 9.66. The number of amides is 1. The van der Waals surface area contributed by atoms with Gasteiger partial charge in [0.1, 0.15) is 0 Å². The summed E-state index contributed by atoms with van der Waals surface area (Å²) in [4.78, 5) is 15.0. The number of hydrogen-bond acceptors (Lipinski definition) is 5. The quantitative estimate of drug-likeness (QED) is 0.797. The Hall–Kier alpha value is -1.66. The summed E-state index contributed by atoms with van der Waals surface area (Å²) in [7, 11) is 4.08. The van der Waals surface area contributed by atoms with Crippen LogP contribution in [0.1, 0.15) is 23.3 Å². The van der Waals surface area contributed by atoms with Gasteiger partial charge in [-0.25, -0.2) is 0 Å². The predicted octanol–water partition coefficient (Wildman–Crippen LogP) is 2.47. The Kier molecular flexibility index (Phi) is 5.31. The van der Waals surface area contributed by atoms with Gasteiger partial charge in [-0.15, -0.1) is 11.3 Å². The van der Waals surface area contributed by atoms with Crippen molar-refractivity contribution in [2.45, 2.75) is 12.8 Å². The van der Waals surface area contributed by atoms with Crippen LogP contribution in [0.5, 0.6) is 0 Å². The third-order valence-corrected chi connectivity index (χ3v) is 3.71. The van der Waals surface area contributed by atoms with Gasteiger partial charge in [-0.2, -0.15) is 0 Å². The fourth-order valence-electron chi connectivity index (χ4n) is 1.76. The molecular weight excluding hydrogens is 274 g/mol. The SMILES string of the molecule is CN(C)CCCCNC(=O)c1cc(-c2cccs2)on1. The van der Waals surface area contributed by atoms with Crippen molar-refractivity contribution in [3.05, 3.63) is 29.3 Å². The van der Waals surface area contributed by atoms with Gasteiger partial charge in [-0.05, 0) is 44.9 Å². The minimum Gasteiger partial charge on any atom is -0.355 e. The van der Waals surface area contributed by atoms with Crippen LogP contribution in [0.3, 0.4) is 0 Å². The van der Waals surface area contributed by atoms with Gasteiger partial charge in [-0.3, -0.25) is 4.79 Å². The van der Waals surface area contributed by atoms with E-state index in [1.54, 1.807) is 17.4 Å². The van der Waals surface area contributed by atoms with Gasteiger partial charge in [0.25, 0.3) is 5.91 Å². The normalized spacial score (nSPS) is 10.9. The standard InChI is InChI=1S/C14H19N3O2S/c1-17(2)8-4-3-7-15-14(18)11-10-12(19-16-11)13-6-5-9-20-13/h5-6,9-10H,3-4,7-8H2,1-2H3,(H,15,18). The highest BCUT2D eigenvalue weighted by Crippen LogP contribution is 2.24. The van der Waals surface area contributed by atoms with Crippen LogP contribution < -0.4 is 5.32 Å². The molecule has 0 aromatic carbocycles. The third kappa shape index (κ3) is 4.18. The molecule has 0 saturated heterocycles. The number of nitrogens with zero attached hydrogens (tertiary/aromatic N) is 2. The average molecular weight is 293 g/mol. The highest BCUT2D eigenvalue weighted by Gasteiger charge is 2.13. The molecule has 0 aliphatic heterocycles.